The number of rotatable bonds is 4. The predicted octanol–water partition coefficient (Wildman–Crippen LogP) is 1.93. The van der Waals surface area contributed by atoms with Crippen LogP contribution in [0.15, 0.2) is 24.3 Å². The molecule has 1 amide bonds. The Morgan fingerprint density at radius 1 is 1.33 bits per heavy atom. The van der Waals surface area contributed by atoms with Crippen molar-refractivity contribution >= 4 is 5.91 Å². The summed E-state index contributed by atoms with van der Waals surface area (Å²) in [7, 11) is 0. The lowest BCUT2D eigenvalue weighted by Gasteiger charge is -2.16. The summed E-state index contributed by atoms with van der Waals surface area (Å²) < 4.78 is 42.4. The van der Waals surface area contributed by atoms with Crippen molar-refractivity contribution < 1.29 is 27.8 Å². The average molecular weight is 303 g/mol. The van der Waals surface area contributed by atoms with Gasteiger partial charge in [0.25, 0.3) is 5.91 Å². The van der Waals surface area contributed by atoms with Crippen molar-refractivity contribution in [2.45, 2.75) is 12.6 Å². The van der Waals surface area contributed by atoms with Crippen LogP contribution in [0.1, 0.15) is 12.0 Å². The standard InChI is InChI=1S/C14H16F3NO3/c15-14(16,17)11-1-3-12(4-2-11)21-9-13(20)18-6-5-10(7-18)8-19/h1-4,10,19H,5-9H2. The zero-order valence-electron chi connectivity index (χ0n) is 11.3. The number of aliphatic hydroxyl groups excluding tert-OH is 1. The molecule has 1 unspecified atom stereocenters. The normalized spacial score (nSPS) is 18.9. The highest BCUT2D eigenvalue weighted by atomic mass is 19.4. The van der Waals surface area contributed by atoms with Crippen LogP contribution < -0.4 is 4.74 Å². The van der Waals surface area contributed by atoms with Crippen molar-refractivity contribution in [3.8, 4) is 5.75 Å². The van der Waals surface area contributed by atoms with Crippen molar-refractivity contribution in [2.24, 2.45) is 5.92 Å². The minimum absolute atomic E-state index is 0.0452. The predicted molar refractivity (Wildman–Crippen MR) is 68.7 cm³/mol. The fourth-order valence-electron chi connectivity index (χ4n) is 2.18. The maximum Gasteiger partial charge on any atom is 0.416 e. The lowest BCUT2D eigenvalue weighted by atomic mass is 10.1. The monoisotopic (exact) mass is 303 g/mol. The zero-order chi connectivity index (χ0) is 15.5. The van der Waals surface area contributed by atoms with Crippen LogP contribution in [0.2, 0.25) is 0 Å². The molecular formula is C14H16F3NO3. The van der Waals surface area contributed by atoms with Gasteiger partial charge in [0.2, 0.25) is 0 Å². The van der Waals surface area contributed by atoms with Crippen molar-refractivity contribution in [1.29, 1.82) is 0 Å². The summed E-state index contributed by atoms with van der Waals surface area (Å²) in [5.74, 6) is 0.0834. The fraction of sp³-hybridized carbons (Fsp3) is 0.500. The van der Waals surface area contributed by atoms with E-state index in [1.807, 2.05) is 0 Å². The van der Waals surface area contributed by atoms with Gasteiger partial charge in [0.1, 0.15) is 5.75 Å². The van der Waals surface area contributed by atoms with E-state index >= 15 is 0 Å². The SMILES string of the molecule is O=C(COc1ccc(C(F)(F)F)cc1)N1CCC(CO)C1. The Kier molecular flexibility index (Phi) is 4.72. The Labute approximate surface area is 120 Å². The van der Waals surface area contributed by atoms with E-state index in [1.165, 1.54) is 12.1 Å². The summed E-state index contributed by atoms with van der Waals surface area (Å²) in [5.41, 5.74) is -0.758. The molecule has 1 N–H and O–H groups in total. The van der Waals surface area contributed by atoms with E-state index in [0.717, 1.165) is 18.6 Å². The maximum atomic E-state index is 12.4. The summed E-state index contributed by atoms with van der Waals surface area (Å²) in [6.07, 6.45) is -3.63. The first-order chi connectivity index (χ1) is 9.90. The first kappa shape index (κ1) is 15.6. The summed E-state index contributed by atoms with van der Waals surface area (Å²) in [4.78, 5) is 13.4. The Bertz CT molecular complexity index is 487. The Morgan fingerprint density at radius 3 is 2.52 bits per heavy atom. The molecule has 21 heavy (non-hydrogen) atoms. The molecule has 1 saturated heterocycles. The summed E-state index contributed by atoms with van der Waals surface area (Å²) in [6, 6.07) is 4.21. The summed E-state index contributed by atoms with van der Waals surface area (Å²) in [5, 5.41) is 9.00. The molecule has 1 atom stereocenters. The molecule has 0 saturated carbocycles. The number of benzene rings is 1. The number of carbonyl (C=O) groups is 1. The largest absolute Gasteiger partial charge is 0.484 e. The fourth-order valence-corrected chi connectivity index (χ4v) is 2.18. The van der Waals surface area contributed by atoms with Gasteiger partial charge in [-0.15, -0.1) is 0 Å². The molecular weight excluding hydrogens is 287 g/mol. The molecule has 0 aliphatic carbocycles. The second kappa shape index (κ2) is 6.34. The number of alkyl halides is 3. The number of aliphatic hydroxyl groups is 1. The molecule has 1 aliphatic rings. The Balaban J connectivity index is 1.84. The molecule has 4 nitrogen and oxygen atoms in total. The third kappa shape index (κ3) is 4.10. The number of halogens is 3. The van der Waals surface area contributed by atoms with Gasteiger partial charge in [-0.2, -0.15) is 13.2 Å². The minimum Gasteiger partial charge on any atom is -0.484 e. The van der Waals surface area contributed by atoms with Crippen LogP contribution in [0, 0.1) is 5.92 Å². The number of nitrogens with zero attached hydrogens (tertiary/aromatic N) is 1. The lowest BCUT2D eigenvalue weighted by molar-refractivity contribution is -0.137. The first-order valence-electron chi connectivity index (χ1n) is 6.59. The van der Waals surface area contributed by atoms with Crippen LogP contribution in [-0.4, -0.2) is 42.2 Å². The number of amides is 1. The minimum atomic E-state index is -4.39. The van der Waals surface area contributed by atoms with Gasteiger partial charge in [-0.05, 0) is 30.7 Å². The molecule has 0 spiro atoms. The van der Waals surface area contributed by atoms with Gasteiger partial charge in [0.05, 0.1) is 5.56 Å². The van der Waals surface area contributed by atoms with E-state index < -0.39 is 11.7 Å². The molecule has 1 aliphatic heterocycles. The molecule has 0 radical (unpaired) electrons. The number of hydrogen-bond donors (Lipinski definition) is 1. The molecule has 0 aromatic heterocycles. The highest BCUT2D eigenvalue weighted by Crippen LogP contribution is 2.30. The van der Waals surface area contributed by atoms with Gasteiger partial charge in [-0.1, -0.05) is 0 Å². The molecule has 1 aromatic carbocycles. The third-order valence-corrected chi connectivity index (χ3v) is 3.44. The molecule has 1 fully saturated rings. The van der Waals surface area contributed by atoms with Crippen LogP contribution >= 0.6 is 0 Å². The lowest BCUT2D eigenvalue weighted by Crippen LogP contribution is -2.33. The number of likely N-dealkylation sites (tertiary alicyclic amines) is 1. The average Bonchev–Trinajstić information content (AvgIpc) is 2.93. The number of ether oxygens (including phenoxy) is 1. The van der Waals surface area contributed by atoms with Crippen LogP contribution in [0.3, 0.4) is 0 Å². The van der Waals surface area contributed by atoms with Crippen molar-refractivity contribution in [2.75, 3.05) is 26.3 Å². The number of carbonyl (C=O) groups excluding carboxylic acids is 1. The second-order valence-corrected chi connectivity index (χ2v) is 4.99. The molecule has 0 bridgehead atoms. The Hall–Kier alpha value is -1.76. The van der Waals surface area contributed by atoms with E-state index in [4.69, 9.17) is 9.84 Å². The van der Waals surface area contributed by atoms with Gasteiger partial charge < -0.3 is 14.7 Å². The Morgan fingerprint density at radius 2 is 2.00 bits per heavy atom. The van der Waals surface area contributed by atoms with Gasteiger partial charge in [0.15, 0.2) is 6.61 Å². The van der Waals surface area contributed by atoms with Crippen LogP contribution in [0.4, 0.5) is 13.2 Å². The molecule has 116 valence electrons. The van der Waals surface area contributed by atoms with Gasteiger partial charge in [-0.3, -0.25) is 4.79 Å². The quantitative estimate of drug-likeness (QED) is 0.924. The van der Waals surface area contributed by atoms with Gasteiger partial charge in [-0.25, -0.2) is 0 Å². The van der Waals surface area contributed by atoms with E-state index in [2.05, 4.69) is 0 Å². The van der Waals surface area contributed by atoms with Gasteiger partial charge >= 0.3 is 6.18 Å². The first-order valence-corrected chi connectivity index (χ1v) is 6.59. The van der Waals surface area contributed by atoms with Crippen LogP contribution in [0.25, 0.3) is 0 Å². The maximum absolute atomic E-state index is 12.4. The van der Waals surface area contributed by atoms with E-state index in [9.17, 15) is 18.0 Å². The van der Waals surface area contributed by atoms with Gasteiger partial charge in [0, 0.05) is 25.6 Å². The van der Waals surface area contributed by atoms with Crippen molar-refractivity contribution in [3.05, 3.63) is 29.8 Å². The summed E-state index contributed by atoms with van der Waals surface area (Å²) >= 11 is 0. The third-order valence-electron chi connectivity index (χ3n) is 3.44. The smallest absolute Gasteiger partial charge is 0.416 e. The van der Waals surface area contributed by atoms with Crippen LogP contribution in [0.5, 0.6) is 5.75 Å². The summed E-state index contributed by atoms with van der Waals surface area (Å²) in [6.45, 7) is 0.888. The number of hydrogen-bond acceptors (Lipinski definition) is 3. The zero-order valence-corrected chi connectivity index (χ0v) is 11.3. The molecule has 7 heteroatoms. The second-order valence-electron chi connectivity index (χ2n) is 4.99. The van der Waals surface area contributed by atoms with E-state index in [0.29, 0.717) is 13.1 Å². The van der Waals surface area contributed by atoms with Crippen LogP contribution in [-0.2, 0) is 11.0 Å². The van der Waals surface area contributed by atoms with Crippen molar-refractivity contribution in [1.82, 2.24) is 4.90 Å². The molecule has 2 rings (SSSR count). The molecule has 1 heterocycles. The molecule has 1 aromatic rings. The van der Waals surface area contributed by atoms with E-state index in [-0.39, 0.29) is 30.8 Å². The van der Waals surface area contributed by atoms with Crippen molar-refractivity contribution in [3.63, 3.8) is 0 Å². The highest BCUT2D eigenvalue weighted by Gasteiger charge is 2.30. The van der Waals surface area contributed by atoms with E-state index in [1.54, 1.807) is 4.90 Å². The topological polar surface area (TPSA) is 49.8 Å². The highest BCUT2D eigenvalue weighted by molar-refractivity contribution is 5.78.